The highest BCUT2D eigenvalue weighted by molar-refractivity contribution is 7.81. The number of fused-ring (bicyclic) bond motifs is 5. The van der Waals surface area contributed by atoms with E-state index in [9.17, 15) is 0 Å². The maximum atomic E-state index is 6.53. The van der Waals surface area contributed by atoms with Crippen LogP contribution in [0.25, 0.3) is 49.9 Å². The Labute approximate surface area is 209 Å². The van der Waals surface area contributed by atoms with Crippen LogP contribution in [0.3, 0.4) is 0 Å². The Balaban J connectivity index is 1.52. The van der Waals surface area contributed by atoms with E-state index in [-0.39, 0.29) is 0 Å². The van der Waals surface area contributed by atoms with Gasteiger partial charge in [0.1, 0.15) is 5.58 Å². The summed E-state index contributed by atoms with van der Waals surface area (Å²) in [5, 5.41) is 3.96. The monoisotopic (exact) mass is 474 g/mol. The Hall–Kier alpha value is -3.50. The Morgan fingerprint density at radius 3 is 2.66 bits per heavy atom. The third-order valence-electron chi connectivity index (χ3n) is 7.59. The number of hydrogen-bond donors (Lipinski definition) is 1. The van der Waals surface area contributed by atoms with Gasteiger partial charge in [-0.1, -0.05) is 43.3 Å². The molecule has 1 aliphatic carbocycles. The summed E-state index contributed by atoms with van der Waals surface area (Å²) in [5.74, 6) is 1.31. The minimum absolute atomic E-state index is 0.330. The van der Waals surface area contributed by atoms with Gasteiger partial charge in [-0.05, 0) is 72.7 Å². The molecule has 0 saturated heterocycles. The van der Waals surface area contributed by atoms with Gasteiger partial charge in [-0.15, -0.1) is 0 Å². The Bertz CT molecular complexity index is 1710. The molecule has 0 aliphatic heterocycles. The summed E-state index contributed by atoms with van der Waals surface area (Å²) in [6.45, 7) is 2.22. The minimum atomic E-state index is 0.330. The van der Waals surface area contributed by atoms with Crippen molar-refractivity contribution < 1.29 is 4.42 Å². The molecule has 2 atom stereocenters. The molecular formula is C31H26N2OS. The Morgan fingerprint density at radius 2 is 1.80 bits per heavy atom. The average molecular weight is 475 g/mol. The van der Waals surface area contributed by atoms with Gasteiger partial charge in [0, 0.05) is 39.2 Å². The van der Waals surface area contributed by atoms with Crippen LogP contribution in [0, 0.1) is 0 Å². The molecule has 3 aromatic carbocycles. The van der Waals surface area contributed by atoms with Crippen molar-refractivity contribution in [2.45, 2.75) is 37.4 Å². The third-order valence-corrected chi connectivity index (χ3v) is 7.95. The Kier molecular flexibility index (Phi) is 4.78. The second kappa shape index (κ2) is 8.03. The van der Waals surface area contributed by atoms with Crippen LogP contribution in [0.1, 0.15) is 36.8 Å². The van der Waals surface area contributed by atoms with Gasteiger partial charge in [-0.2, -0.15) is 12.6 Å². The van der Waals surface area contributed by atoms with Crippen LogP contribution in [0.15, 0.2) is 89.5 Å². The van der Waals surface area contributed by atoms with Gasteiger partial charge in [0.15, 0.2) is 0 Å². The van der Waals surface area contributed by atoms with E-state index >= 15 is 0 Å². The maximum Gasteiger partial charge on any atom is 0.205 e. The number of nitrogens with zero attached hydrogens (tertiary/aromatic N) is 2. The zero-order chi connectivity index (χ0) is 23.5. The zero-order valence-electron chi connectivity index (χ0n) is 19.6. The summed E-state index contributed by atoms with van der Waals surface area (Å²) in [6, 6.07) is 27.9. The molecule has 0 saturated carbocycles. The lowest BCUT2D eigenvalue weighted by atomic mass is 9.80. The molecule has 35 heavy (non-hydrogen) atoms. The molecule has 0 fully saturated rings. The van der Waals surface area contributed by atoms with E-state index in [1.165, 1.54) is 45.8 Å². The van der Waals surface area contributed by atoms with Gasteiger partial charge in [-0.25, -0.2) is 0 Å². The summed E-state index contributed by atoms with van der Waals surface area (Å²) in [6.07, 6.45) is 5.40. The van der Waals surface area contributed by atoms with E-state index in [0.29, 0.717) is 11.2 Å². The number of rotatable bonds is 3. The van der Waals surface area contributed by atoms with Crippen molar-refractivity contribution in [1.29, 1.82) is 0 Å². The summed E-state index contributed by atoms with van der Waals surface area (Å²) >= 11 is 4.85. The SMILES string of the molecule is CC(S)C1CCCc2cc3c4ccccc4n(-c4cc5c(-c6ccccn6)cccc5o4)c3cc21. The number of aromatic nitrogens is 2. The van der Waals surface area contributed by atoms with E-state index < -0.39 is 0 Å². The molecule has 7 rings (SSSR count). The van der Waals surface area contributed by atoms with Crippen LogP contribution in [0.4, 0.5) is 0 Å². The number of hydrogen-bond acceptors (Lipinski definition) is 3. The number of benzene rings is 3. The molecule has 0 bridgehead atoms. The smallest absolute Gasteiger partial charge is 0.205 e. The first kappa shape index (κ1) is 20.8. The lowest BCUT2D eigenvalue weighted by Gasteiger charge is -2.28. The fraction of sp³-hybridized carbons (Fsp3) is 0.194. The van der Waals surface area contributed by atoms with E-state index in [0.717, 1.165) is 34.5 Å². The van der Waals surface area contributed by atoms with Gasteiger partial charge in [-0.3, -0.25) is 9.55 Å². The van der Waals surface area contributed by atoms with Gasteiger partial charge < -0.3 is 4.42 Å². The van der Waals surface area contributed by atoms with Gasteiger partial charge in [0.2, 0.25) is 5.88 Å². The molecule has 4 heteroatoms. The van der Waals surface area contributed by atoms with Gasteiger partial charge in [0.05, 0.1) is 16.7 Å². The number of thiol groups is 1. The number of furan rings is 1. The molecule has 6 aromatic rings. The highest BCUT2D eigenvalue weighted by atomic mass is 32.1. The van der Waals surface area contributed by atoms with E-state index in [1.54, 1.807) is 0 Å². The van der Waals surface area contributed by atoms with Gasteiger partial charge in [0.25, 0.3) is 0 Å². The molecular weight excluding hydrogens is 448 g/mol. The molecule has 3 nitrogen and oxygen atoms in total. The molecule has 172 valence electrons. The molecule has 1 aliphatic rings. The summed E-state index contributed by atoms with van der Waals surface area (Å²) in [5.41, 5.74) is 8.18. The van der Waals surface area contributed by atoms with Crippen LogP contribution >= 0.6 is 12.6 Å². The van der Waals surface area contributed by atoms with Crippen LogP contribution in [0.2, 0.25) is 0 Å². The van der Waals surface area contributed by atoms with Crippen LogP contribution < -0.4 is 0 Å². The largest absolute Gasteiger partial charge is 0.440 e. The van der Waals surface area contributed by atoms with E-state index in [2.05, 4.69) is 65.0 Å². The predicted octanol–water partition coefficient (Wildman–Crippen LogP) is 8.33. The first-order valence-electron chi connectivity index (χ1n) is 12.4. The van der Waals surface area contributed by atoms with Crippen LogP contribution in [0.5, 0.6) is 0 Å². The van der Waals surface area contributed by atoms with Gasteiger partial charge >= 0.3 is 0 Å². The van der Waals surface area contributed by atoms with Crippen molar-refractivity contribution in [1.82, 2.24) is 9.55 Å². The first-order chi connectivity index (χ1) is 17.2. The third kappa shape index (κ3) is 3.24. The van der Waals surface area contributed by atoms with Crippen molar-refractivity contribution >= 4 is 45.4 Å². The van der Waals surface area contributed by atoms with Crippen molar-refractivity contribution in [3.8, 4) is 17.1 Å². The molecule has 3 heterocycles. The molecule has 0 N–H and O–H groups in total. The predicted molar refractivity (Wildman–Crippen MR) is 148 cm³/mol. The minimum Gasteiger partial charge on any atom is -0.440 e. The standard InChI is InChI=1S/C31H26N2OS/c1-19(35)21-10-6-8-20-16-25-23-9-2-3-13-28(23)33(29(25)17-24(20)21)31-18-26-22(11-7-14-30(26)34-31)27-12-4-5-15-32-27/h2-5,7,9,11-19,21,35H,6,8,10H2,1H3. The normalized spacial score (nSPS) is 16.7. The second-order valence-corrected chi connectivity index (χ2v) is 10.5. The summed E-state index contributed by atoms with van der Waals surface area (Å²) in [4.78, 5) is 4.59. The number of para-hydroxylation sites is 1. The quantitative estimate of drug-likeness (QED) is 0.261. The highest BCUT2D eigenvalue weighted by Gasteiger charge is 2.26. The van der Waals surface area contributed by atoms with Crippen LogP contribution in [-0.2, 0) is 6.42 Å². The van der Waals surface area contributed by atoms with Crippen molar-refractivity contribution in [2.75, 3.05) is 0 Å². The fourth-order valence-corrected chi connectivity index (χ4v) is 6.26. The molecule has 0 spiro atoms. The van der Waals surface area contributed by atoms with E-state index in [4.69, 9.17) is 17.0 Å². The van der Waals surface area contributed by atoms with E-state index in [1.807, 2.05) is 36.5 Å². The molecule has 0 radical (unpaired) electrons. The lowest BCUT2D eigenvalue weighted by Crippen LogP contribution is -2.16. The summed E-state index contributed by atoms with van der Waals surface area (Å²) < 4.78 is 8.82. The maximum absolute atomic E-state index is 6.53. The fourth-order valence-electron chi connectivity index (χ4n) is 5.95. The number of aryl methyl sites for hydroxylation is 1. The van der Waals surface area contributed by atoms with Crippen molar-refractivity contribution in [3.63, 3.8) is 0 Å². The lowest BCUT2D eigenvalue weighted by molar-refractivity contribution is 0.551. The molecule has 2 unspecified atom stereocenters. The first-order valence-corrected chi connectivity index (χ1v) is 12.9. The second-order valence-electron chi connectivity index (χ2n) is 9.68. The Morgan fingerprint density at radius 1 is 0.914 bits per heavy atom. The average Bonchev–Trinajstić information content (AvgIpc) is 3.46. The molecule has 0 amide bonds. The summed E-state index contributed by atoms with van der Waals surface area (Å²) in [7, 11) is 0. The van der Waals surface area contributed by atoms with Crippen molar-refractivity contribution in [2.24, 2.45) is 0 Å². The zero-order valence-corrected chi connectivity index (χ0v) is 20.5. The topological polar surface area (TPSA) is 31.0 Å². The highest BCUT2D eigenvalue weighted by Crippen LogP contribution is 2.42. The van der Waals surface area contributed by atoms with Crippen molar-refractivity contribution in [3.05, 3.63) is 96.2 Å². The molecule has 3 aromatic heterocycles. The number of pyridine rings is 1. The van der Waals surface area contributed by atoms with Crippen LogP contribution in [-0.4, -0.2) is 14.8 Å².